The Hall–Kier alpha value is -3.66. The van der Waals surface area contributed by atoms with Gasteiger partial charge in [0.2, 0.25) is 11.8 Å². The number of ether oxygens (including phenoxy) is 1. The predicted octanol–water partition coefficient (Wildman–Crippen LogP) is 6.32. The zero-order valence-corrected chi connectivity index (χ0v) is 24.4. The quantitative estimate of drug-likeness (QED) is 0.277. The Balaban J connectivity index is 1.40. The molecule has 1 spiro atoms. The van der Waals surface area contributed by atoms with Crippen molar-refractivity contribution < 1.29 is 23.8 Å². The van der Waals surface area contributed by atoms with Gasteiger partial charge < -0.3 is 15.2 Å². The van der Waals surface area contributed by atoms with Crippen LogP contribution in [0.15, 0.2) is 54.6 Å². The van der Waals surface area contributed by atoms with E-state index in [1.54, 1.807) is 35.0 Å². The third-order valence-electron chi connectivity index (χ3n) is 9.64. The Kier molecular flexibility index (Phi) is 6.06. The summed E-state index contributed by atoms with van der Waals surface area (Å²) in [5, 5.41) is 18.8. The standard InChI is InChI=1S/C32H27Cl2FN4O4/c33-19-8-6-18-14-32(31(42)36-24(18)13-19)26(20-2-1-3-22(34)27(20)35)28-25(38(32)15-16-4-5-16)10-11-43-29-21-12-17(30(40)41)7-9-23(21)37-39(28)29/h1-3,6-9,12-13,16,25-26,28H,4-5,10-11,14-15H2,(H,36,42)(H,40,41)/t25-,26?,28+,32+/m0/s1. The third kappa shape index (κ3) is 4.01. The first-order valence-electron chi connectivity index (χ1n) is 14.4. The Morgan fingerprint density at radius 3 is 2.77 bits per heavy atom. The number of carbonyl (C=O) groups excluding carboxylic acids is 1. The van der Waals surface area contributed by atoms with Crippen LogP contribution >= 0.6 is 23.2 Å². The molecule has 1 aliphatic carbocycles. The van der Waals surface area contributed by atoms with Crippen LogP contribution in [0.1, 0.15) is 52.7 Å². The van der Waals surface area contributed by atoms with Gasteiger partial charge in [-0.25, -0.2) is 13.9 Å². The number of anilines is 1. The van der Waals surface area contributed by atoms with E-state index in [9.17, 15) is 14.7 Å². The number of halogens is 3. The normalized spacial score (nSPS) is 26.4. The molecule has 11 heteroatoms. The molecule has 4 aliphatic rings. The minimum atomic E-state index is -1.16. The van der Waals surface area contributed by atoms with Gasteiger partial charge in [0.25, 0.3) is 0 Å². The molecule has 0 radical (unpaired) electrons. The maximum atomic E-state index is 16.2. The smallest absolute Gasteiger partial charge is 0.335 e. The van der Waals surface area contributed by atoms with E-state index in [-0.39, 0.29) is 22.5 Å². The van der Waals surface area contributed by atoms with Gasteiger partial charge in [0.05, 0.1) is 34.1 Å². The van der Waals surface area contributed by atoms with E-state index in [0.29, 0.717) is 65.0 Å². The molecule has 8 rings (SSSR count). The minimum Gasteiger partial charge on any atom is -0.478 e. The lowest BCUT2D eigenvalue weighted by molar-refractivity contribution is -0.129. The van der Waals surface area contributed by atoms with E-state index in [1.807, 2.05) is 12.1 Å². The van der Waals surface area contributed by atoms with E-state index in [4.69, 9.17) is 33.0 Å². The number of aromatic carboxylic acids is 1. The van der Waals surface area contributed by atoms with E-state index in [1.165, 1.54) is 12.1 Å². The fourth-order valence-electron chi connectivity index (χ4n) is 7.61. The van der Waals surface area contributed by atoms with Crippen LogP contribution in [0, 0.1) is 11.7 Å². The number of rotatable bonds is 4. The van der Waals surface area contributed by atoms with Crippen molar-refractivity contribution in [2.75, 3.05) is 18.5 Å². The molecule has 1 amide bonds. The Bertz CT molecular complexity index is 1840. The van der Waals surface area contributed by atoms with E-state index >= 15 is 4.39 Å². The van der Waals surface area contributed by atoms with Gasteiger partial charge in [0, 0.05) is 35.6 Å². The number of aromatic nitrogens is 2. The fraction of sp³-hybridized carbons (Fsp3) is 0.344. The number of hydrogen-bond donors (Lipinski definition) is 2. The zero-order chi connectivity index (χ0) is 29.6. The van der Waals surface area contributed by atoms with Gasteiger partial charge in [-0.05, 0) is 72.7 Å². The lowest BCUT2D eigenvalue weighted by Gasteiger charge is -2.45. The van der Waals surface area contributed by atoms with Gasteiger partial charge in [-0.1, -0.05) is 41.4 Å². The Labute approximate surface area is 256 Å². The molecule has 1 saturated carbocycles. The van der Waals surface area contributed by atoms with Crippen LogP contribution in [-0.2, 0) is 11.2 Å². The van der Waals surface area contributed by atoms with Crippen molar-refractivity contribution in [1.29, 1.82) is 0 Å². The largest absolute Gasteiger partial charge is 0.478 e. The summed E-state index contributed by atoms with van der Waals surface area (Å²) >= 11 is 12.7. The summed E-state index contributed by atoms with van der Waals surface area (Å²) in [6.07, 6.45) is 3.06. The van der Waals surface area contributed by atoms with Crippen LogP contribution in [0.4, 0.5) is 10.1 Å². The summed E-state index contributed by atoms with van der Waals surface area (Å²) < 4.78 is 24.3. The molecule has 0 bridgehead atoms. The lowest BCUT2D eigenvalue weighted by Crippen LogP contribution is -2.61. The van der Waals surface area contributed by atoms with E-state index < -0.39 is 29.3 Å². The van der Waals surface area contributed by atoms with Gasteiger partial charge in [-0.3, -0.25) is 9.69 Å². The highest BCUT2D eigenvalue weighted by molar-refractivity contribution is 6.31. The summed E-state index contributed by atoms with van der Waals surface area (Å²) in [6, 6.07) is 14.4. The Morgan fingerprint density at radius 2 is 1.98 bits per heavy atom. The molecule has 4 heterocycles. The monoisotopic (exact) mass is 620 g/mol. The van der Waals surface area contributed by atoms with Crippen LogP contribution in [-0.4, -0.2) is 56.4 Å². The number of fused-ring (bicyclic) bond motifs is 6. The average Bonchev–Trinajstić information content (AvgIpc) is 3.72. The summed E-state index contributed by atoms with van der Waals surface area (Å²) in [6.45, 7) is 1.00. The SMILES string of the molecule is O=C(O)c1ccc2nn3c(c2c1)OCC[C@H]1[C@@H]3C(c2cccc(Cl)c2F)[C@@]2(Cc3ccc(Cl)cc3NC2=O)N1CC1CC1. The van der Waals surface area contributed by atoms with Crippen molar-refractivity contribution >= 4 is 51.7 Å². The number of likely N-dealkylation sites (tertiary alicyclic amines) is 1. The second-order valence-corrected chi connectivity index (χ2v) is 12.9. The minimum absolute atomic E-state index is 0.0185. The molecule has 2 N–H and O–H groups in total. The number of benzene rings is 3. The Morgan fingerprint density at radius 1 is 1.14 bits per heavy atom. The van der Waals surface area contributed by atoms with Crippen LogP contribution < -0.4 is 10.1 Å². The number of hydrogen-bond acceptors (Lipinski definition) is 5. The average molecular weight is 621 g/mol. The number of amides is 1. The summed E-state index contributed by atoms with van der Waals surface area (Å²) in [7, 11) is 0. The molecular weight excluding hydrogens is 594 g/mol. The van der Waals surface area contributed by atoms with E-state index in [0.717, 1.165) is 18.4 Å². The molecule has 220 valence electrons. The number of nitrogens with zero attached hydrogens (tertiary/aromatic N) is 3. The summed E-state index contributed by atoms with van der Waals surface area (Å²) in [5.41, 5.74) is 1.43. The molecule has 1 unspecified atom stereocenters. The van der Waals surface area contributed by atoms with Gasteiger partial charge in [-0.2, -0.15) is 5.10 Å². The molecule has 3 aromatic carbocycles. The van der Waals surface area contributed by atoms with Gasteiger partial charge in [0.15, 0.2) is 0 Å². The van der Waals surface area contributed by atoms with Gasteiger partial charge in [-0.15, -0.1) is 0 Å². The second-order valence-electron chi connectivity index (χ2n) is 12.1. The molecule has 3 aliphatic heterocycles. The van der Waals surface area contributed by atoms with Crippen LogP contribution in [0.2, 0.25) is 10.0 Å². The lowest BCUT2D eigenvalue weighted by atomic mass is 9.71. The van der Waals surface area contributed by atoms with Crippen molar-refractivity contribution in [3.63, 3.8) is 0 Å². The first kappa shape index (κ1) is 26.9. The molecule has 4 aromatic rings. The fourth-order valence-corrected chi connectivity index (χ4v) is 7.97. The molecule has 4 atom stereocenters. The highest BCUT2D eigenvalue weighted by Crippen LogP contribution is 2.59. The van der Waals surface area contributed by atoms with Crippen LogP contribution in [0.25, 0.3) is 10.9 Å². The van der Waals surface area contributed by atoms with Crippen molar-refractivity contribution in [3.8, 4) is 5.88 Å². The first-order chi connectivity index (χ1) is 20.8. The van der Waals surface area contributed by atoms with Crippen LogP contribution in [0.3, 0.4) is 0 Å². The maximum Gasteiger partial charge on any atom is 0.335 e. The second kappa shape index (κ2) is 9.67. The summed E-state index contributed by atoms with van der Waals surface area (Å²) in [5.74, 6) is -1.68. The number of carboxylic acid groups (broad SMARTS) is 1. The summed E-state index contributed by atoms with van der Waals surface area (Å²) in [4.78, 5) is 28.8. The zero-order valence-electron chi connectivity index (χ0n) is 22.9. The molecule has 1 saturated heterocycles. The predicted molar refractivity (Wildman–Crippen MR) is 160 cm³/mol. The molecule has 2 fully saturated rings. The highest BCUT2D eigenvalue weighted by Gasteiger charge is 2.66. The maximum absolute atomic E-state index is 16.2. The van der Waals surface area contributed by atoms with Crippen molar-refractivity contribution in [2.24, 2.45) is 5.92 Å². The third-order valence-corrected chi connectivity index (χ3v) is 10.2. The molecular formula is C32H27Cl2FN4O4. The van der Waals surface area contributed by atoms with Crippen LogP contribution in [0.5, 0.6) is 5.88 Å². The number of carbonyl (C=O) groups is 2. The first-order valence-corrected chi connectivity index (χ1v) is 15.2. The van der Waals surface area contributed by atoms with Crippen molar-refractivity contribution in [3.05, 3.63) is 87.2 Å². The highest BCUT2D eigenvalue weighted by atomic mass is 35.5. The molecule has 8 nitrogen and oxygen atoms in total. The van der Waals surface area contributed by atoms with E-state index in [2.05, 4.69) is 10.2 Å². The van der Waals surface area contributed by atoms with Crippen molar-refractivity contribution in [2.45, 2.75) is 49.2 Å². The van der Waals surface area contributed by atoms with Gasteiger partial charge >= 0.3 is 5.97 Å². The van der Waals surface area contributed by atoms with Gasteiger partial charge in [0.1, 0.15) is 11.4 Å². The molecule has 1 aromatic heterocycles. The topological polar surface area (TPSA) is 96.7 Å². The number of carboxylic acids is 1. The number of nitrogens with one attached hydrogen (secondary N) is 1. The molecule has 43 heavy (non-hydrogen) atoms. The van der Waals surface area contributed by atoms with Crippen molar-refractivity contribution in [1.82, 2.24) is 14.7 Å².